The summed E-state index contributed by atoms with van der Waals surface area (Å²) in [6.07, 6.45) is 6.23. The first-order chi connectivity index (χ1) is 15.5. The second kappa shape index (κ2) is 10.9. The molecule has 0 aliphatic heterocycles. The molecule has 0 aliphatic rings. The molecule has 10 nitrogen and oxygen atoms in total. The number of aromatic nitrogens is 5. The van der Waals surface area contributed by atoms with Crippen molar-refractivity contribution in [1.29, 1.82) is 0 Å². The Morgan fingerprint density at radius 3 is 2.48 bits per heavy atom. The van der Waals surface area contributed by atoms with E-state index in [-0.39, 0.29) is 18.1 Å². The van der Waals surface area contributed by atoms with Crippen LogP contribution in [0.1, 0.15) is 0 Å². The first-order valence-corrected chi connectivity index (χ1v) is 10.2. The van der Waals surface area contributed by atoms with E-state index in [4.69, 9.17) is 23.2 Å². The fourth-order valence-electron chi connectivity index (χ4n) is 2.90. The van der Waals surface area contributed by atoms with Gasteiger partial charge in [-0.25, -0.2) is 19.9 Å². The fraction of sp³-hybridized carbons (Fsp3) is 0.100. The number of hydrogen-bond donors (Lipinski definition) is 3. The van der Waals surface area contributed by atoms with Crippen LogP contribution >= 0.6 is 35.6 Å². The van der Waals surface area contributed by atoms with Crippen LogP contribution in [0.15, 0.2) is 55.1 Å². The van der Waals surface area contributed by atoms with Gasteiger partial charge in [0.15, 0.2) is 0 Å². The molecule has 0 saturated heterocycles. The molecule has 3 heterocycles. The van der Waals surface area contributed by atoms with E-state index in [2.05, 4.69) is 35.6 Å². The Balaban J connectivity index is 0.00000306. The molecule has 0 radical (unpaired) electrons. The van der Waals surface area contributed by atoms with Crippen LogP contribution in [0.3, 0.4) is 0 Å². The van der Waals surface area contributed by atoms with Crippen molar-refractivity contribution in [2.24, 2.45) is 0 Å². The first kappa shape index (κ1) is 24.2. The van der Waals surface area contributed by atoms with Crippen LogP contribution in [0.2, 0.25) is 10.0 Å². The second-order valence-electron chi connectivity index (χ2n) is 6.53. The molecule has 0 aliphatic carbocycles. The minimum absolute atomic E-state index is 0. The molecule has 0 amide bonds. The smallest absolute Gasteiger partial charge is 0.287 e. The Labute approximate surface area is 204 Å². The van der Waals surface area contributed by atoms with E-state index in [0.29, 0.717) is 57.5 Å². The standard InChI is InChI=1S/C20H16Cl2N8O2.ClH/c21-12-1-3-14(16(22)9-12)18-15(19-24-6-7-25-19)11-28-20(29-18)26-8-5-23-17-4-2-13(10-27-17)30(31)32;/h1-4,6-7,9-11H,5,8H2,(H,23,27)(H,24,25)(H,26,28,29);1H. The number of nitro groups is 1. The van der Waals surface area contributed by atoms with E-state index in [1.807, 2.05) is 0 Å². The average molecular weight is 508 g/mol. The van der Waals surface area contributed by atoms with Gasteiger partial charge < -0.3 is 15.6 Å². The van der Waals surface area contributed by atoms with Crippen molar-refractivity contribution >= 4 is 53.1 Å². The SMILES string of the molecule is Cl.O=[N+]([O-])c1ccc(NCCNc2ncc(-c3ncc[nH]3)c(-c3ccc(Cl)cc3Cl)n2)nc1. The molecule has 4 rings (SSSR count). The summed E-state index contributed by atoms with van der Waals surface area (Å²) in [5.74, 6) is 1.54. The highest BCUT2D eigenvalue weighted by molar-refractivity contribution is 6.36. The van der Waals surface area contributed by atoms with Crippen molar-refractivity contribution in [3.05, 3.63) is 75.3 Å². The maximum absolute atomic E-state index is 10.7. The minimum Gasteiger partial charge on any atom is -0.368 e. The fourth-order valence-corrected chi connectivity index (χ4v) is 3.40. The number of aromatic amines is 1. The number of benzene rings is 1. The van der Waals surface area contributed by atoms with Crippen LogP contribution in [-0.2, 0) is 0 Å². The number of nitrogens with one attached hydrogen (secondary N) is 3. The predicted molar refractivity (Wildman–Crippen MR) is 130 cm³/mol. The van der Waals surface area contributed by atoms with Crippen molar-refractivity contribution in [2.75, 3.05) is 23.7 Å². The second-order valence-corrected chi connectivity index (χ2v) is 7.37. The van der Waals surface area contributed by atoms with Gasteiger partial charge in [-0.3, -0.25) is 10.1 Å². The van der Waals surface area contributed by atoms with Gasteiger partial charge >= 0.3 is 0 Å². The number of hydrogen-bond acceptors (Lipinski definition) is 8. The molecule has 170 valence electrons. The van der Waals surface area contributed by atoms with Gasteiger partial charge in [-0.15, -0.1) is 12.4 Å². The van der Waals surface area contributed by atoms with Crippen LogP contribution < -0.4 is 10.6 Å². The average Bonchev–Trinajstić information content (AvgIpc) is 3.32. The molecular formula is C20H17Cl3N8O2. The Morgan fingerprint density at radius 1 is 1.00 bits per heavy atom. The van der Waals surface area contributed by atoms with Crippen molar-refractivity contribution in [3.8, 4) is 22.6 Å². The quantitative estimate of drug-likeness (QED) is 0.170. The molecule has 0 unspecified atom stereocenters. The van der Waals surface area contributed by atoms with Crippen LogP contribution in [0, 0.1) is 10.1 Å². The normalized spacial score (nSPS) is 10.4. The number of imidazole rings is 1. The number of halogens is 3. The predicted octanol–water partition coefficient (Wildman–Crippen LogP) is 5.09. The maximum Gasteiger partial charge on any atom is 0.287 e. The highest BCUT2D eigenvalue weighted by Gasteiger charge is 2.16. The Bertz CT molecular complexity index is 1240. The molecule has 33 heavy (non-hydrogen) atoms. The Kier molecular flexibility index (Phi) is 7.99. The first-order valence-electron chi connectivity index (χ1n) is 9.41. The molecule has 1 aromatic carbocycles. The highest BCUT2D eigenvalue weighted by Crippen LogP contribution is 2.34. The van der Waals surface area contributed by atoms with Gasteiger partial charge in [-0.05, 0) is 24.3 Å². The van der Waals surface area contributed by atoms with Gasteiger partial charge in [0.25, 0.3) is 5.69 Å². The van der Waals surface area contributed by atoms with Crippen LogP contribution in [-0.4, -0.2) is 42.9 Å². The molecule has 3 N–H and O–H groups in total. The van der Waals surface area contributed by atoms with E-state index in [1.54, 1.807) is 42.9 Å². The summed E-state index contributed by atoms with van der Waals surface area (Å²) in [6.45, 7) is 0.970. The summed E-state index contributed by atoms with van der Waals surface area (Å²) in [5, 5.41) is 17.9. The lowest BCUT2D eigenvalue weighted by Crippen LogP contribution is -2.16. The number of H-pyrrole nitrogens is 1. The lowest BCUT2D eigenvalue weighted by molar-refractivity contribution is -0.385. The third kappa shape index (κ3) is 5.86. The lowest BCUT2D eigenvalue weighted by atomic mass is 10.1. The highest BCUT2D eigenvalue weighted by atomic mass is 35.5. The molecule has 4 aromatic rings. The Morgan fingerprint density at radius 2 is 1.82 bits per heavy atom. The largest absolute Gasteiger partial charge is 0.368 e. The molecule has 3 aromatic heterocycles. The lowest BCUT2D eigenvalue weighted by Gasteiger charge is -2.12. The summed E-state index contributed by atoms with van der Waals surface area (Å²) in [5.41, 5.74) is 1.93. The van der Waals surface area contributed by atoms with Crippen molar-refractivity contribution < 1.29 is 4.92 Å². The molecule has 0 saturated carbocycles. The van der Waals surface area contributed by atoms with E-state index in [0.717, 1.165) is 0 Å². The maximum atomic E-state index is 10.7. The molecule has 0 fully saturated rings. The van der Waals surface area contributed by atoms with E-state index in [1.165, 1.54) is 12.3 Å². The van der Waals surface area contributed by atoms with Crippen LogP contribution in [0.4, 0.5) is 17.5 Å². The molecule has 0 bridgehead atoms. The zero-order valence-corrected chi connectivity index (χ0v) is 19.2. The van der Waals surface area contributed by atoms with Gasteiger partial charge in [0.1, 0.15) is 17.8 Å². The summed E-state index contributed by atoms with van der Waals surface area (Å²) >= 11 is 12.5. The summed E-state index contributed by atoms with van der Waals surface area (Å²) in [7, 11) is 0. The summed E-state index contributed by atoms with van der Waals surface area (Å²) < 4.78 is 0. The third-order valence-corrected chi connectivity index (χ3v) is 4.95. The van der Waals surface area contributed by atoms with E-state index < -0.39 is 4.92 Å². The third-order valence-electron chi connectivity index (χ3n) is 4.40. The summed E-state index contributed by atoms with van der Waals surface area (Å²) in [6, 6.07) is 8.13. The van der Waals surface area contributed by atoms with Gasteiger partial charge in [0.05, 0.1) is 21.2 Å². The zero-order valence-electron chi connectivity index (χ0n) is 16.8. The molecular weight excluding hydrogens is 491 g/mol. The van der Waals surface area contributed by atoms with Gasteiger partial charge in [-0.2, -0.15) is 0 Å². The summed E-state index contributed by atoms with van der Waals surface area (Å²) in [4.78, 5) is 30.6. The Hall–Kier alpha value is -3.47. The zero-order chi connectivity index (χ0) is 22.5. The van der Waals surface area contributed by atoms with Crippen LogP contribution in [0.25, 0.3) is 22.6 Å². The number of nitrogens with zero attached hydrogens (tertiary/aromatic N) is 5. The number of rotatable bonds is 8. The number of pyridine rings is 1. The molecule has 13 heteroatoms. The minimum atomic E-state index is -0.493. The van der Waals surface area contributed by atoms with Crippen molar-refractivity contribution in [1.82, 2.24) is 24.9 Å². The van der Waals surface area contributed by atoms with Gasteiger partial charge in [0, 0.05) is 48.3 Å². The van der Waals surface area contributed by atoms with Gasteiger partial charge in [0.2, 0.25) is 5.95 Å². The van der Waals surface area contributed by atoms with Gasteiger partial charge in [-0.1, -0.05) is 23.2 Å². The van der Waals surface area contributed by atoms with Crippen molar-refractivity contribution in [3.63, 3.8) is 0 Å². The van der Waals surface area contributed by atoms with E-state index >= 15 is 0 Å². The molecule has 0 atom stereocenters. The van der Waals surface area contributed by atoms with E-state index in [9.17, 15) is 10.1 Å². The van der Waals surface area contributed by atoms with Crippen molar-refractivity contribution in [2.45, 2.75) is 0 Å². The molecule has 0 spiro atoms. The monoisotopic (exact) mass is 506 g/mol. The van der Waals surface area contributed by atoms with Crippen LogP contribution in [0.5, 0.6) is 0 Å². The topological polar surface area (TPSA) is 135 Å². The number of anilines is 2.